The van der Waals surface area contributed by atoms with Gasteiger partial charge in [0.25, 0.3) is 0 Å². The zero-order chi connectivity index (χ0) is 13.7. The summed E-state index contributed by atoms with van der Waals surface area (Å²) in [4.78, 5) is 2.74. The maximum atomic E-state index is 3.69. The number of hydrogen-bond acceptors (Lipinski definition) is 2. The van der Waals surface area contributed by atoms with Gasteiger partial charge in [-0.15, -0.1) is 0 Å². The summed E-state index contributed by atoms with van der Waals surface area (Å²) in [6, 6.07) is 12.9. The first-order chi connectivity index (χ1) is 9.30. The molecular formula is C17H28N2. The third-order valence-electron chi connectivity index (χ3n) is 4.48. The van der Waals surface area contributed by atoms with Crippen molar-refractivity contribution in [1.29, 1.82) is 0 Å². The average molecular weight is 260 g/mol. The lowest BCUT2D eigenvalue weighted by molar-refractivity contribution is 0.0748. The van der Waals surface area contributed by atoms with E-state index in [0.717, 1.165) is 6.54 Å². The SMILES string of the molecule is CCC1CN(C(CC)c2ccccc2)C(CC)CN1. The standard InChI is InChI=1S/C17H28N2/c1-4-15-13-19(16(5-2)12-18-15)17(6-3)14-10-8-7-9-11-14/h7-11,15-18H,4-6,12-13H2,1-3H3. The van der Waals surface area contributed by atoms with E-state index in [2.05, 4.69) is 61.3 Å². The fourth-order valence-corrected chi connectivity index (χ4v) is 3.26. The fraction of sp³-hybridized carbons (Fsp3) is 0.647. The summed E-state index contributed by atoms with van der Waals surface area (Å²) in [6.45, 7) is 9.23. The van der Waals surface area contributed by atoms with Crippen LogP contribution in [0, 0.1) is 0 Å². The maximum Gasteiger partial charge on any atom is 0.0349 e. The minimum absolute atomic E-state index is 0.572. The lowest BCUT2D eigenvalue weighted by Crippen LogP contribution is -2.56. The molecule has 0 aromatic heterocycles. The summed E-state index contributed by atoms with van der Waals surface area (Å²) >= 11 is 0. The Balaban J connectivity index is 2.18. The van der Waals surface area contributed by atoms with Crippen LogP contribution in [0.2, 0.25) is 0 Å². The smallest absolute Gasteiger partial charge is 0.0349 e. The van der Waals surface area contributed by atoms with Gasteiger partial charge in [-0.1, -0.05) is 51.1 Å². The highest BCUT2D eigenvalue weighted by Crippen LogP contribution is 2.29. The molecule has 0 bridgehead atoms. The van der Waals surface area contributed by atoms with Crippen molar-refractivity contribution >= 4 is 0 Å². The van der Waals surface area contributed by atoms with Gasteiger partial charge in [-0.2, -0.15) is 0 Å². The zero-order valence-electron chi connectivity index (χ0n) is 12.6. The highest BCUT2D eigenvalue weighted by atomic mass is 15.3. The zero-order valence-corrected chi connectivity index (χ0v) is 12.6. The van der Waals surface area contributed by atoms with E-state index in [1.54, 1.807) is 0 Å². The first-order valence-corrected chi connectivity index (χ1v) is 7.84. The van der Waals surface area contributed by atoms with Crippen molar-refractivity contribution in [3.8, 4) is 0 Å². The van der Waals surface area contributed by atoms with Gasteiger partial charge in [-0.3, -0.25) is 4.90 Å². The lowest BCUT2D eigenvalue weighted by Gasteiger charge is -2.44. The summed E-state index contributed by atoms with van der Waals surface area (Å²) in [5.74, 6) is 0. The lowest BCUT2D eigenvalue weighted by atomic mass is 9.96. The van der Waals surface area contributed by atoms with Crippen LogP contribution in [0.1, 0.15) is 51.6 Å². The second-order valence-corrected chi connectivity index (χ2v) is 5.61. The van der Waals surface area contributed by atoms with Gasteiger partial charge < -0.3 is 5.32 Å². The molecule has 0 amide bonds. The van der Waals surface area contributed by atoms with Crippen molar-refractivity contribution in [3.05, 3.63) is 35.9 Å². The largest absolute Gasteiger partial charge is 0.311 e. The van der Waals surface area contributed by atoms with Crippen LogP contribution in [-0.2, 0) is 0 Å². The van der Waals surface area contributed by atoms with E-state index in [9.17, 15) is 0 Å². The van der Waals surface area contributed by atoms with E-state index in [0.29, 0.717) is 18.1 Å². The van der Waals surface area contributed by atoms with Crippen molar-refractivity contribution in [2.75, 3.05) is 13.1 Å². The van der Waals surface area contributed by atoms with Crippen molar-refractivity contribution in [1.82, 2.24) is 10.2 Å². The molecule has 3 unspecified atom stereocenters. The summed E-state index contributed by atoms with van der Waals surface area (Å²) in [6.07, 6.45) is 3.64. The Bertz CT molecular complexity index is 363. The second kappa shape index (κ2) is 7.06. The quantitative estimate of drug-likeness (QED) is 0.870. The van der Waals surface area contributed by atoms with Crippen LogP contribution in [0.4, 0.5) is 0 Å². The molecule has 0 aliphatic carbocycles. The van der Waals surface area contributed by atoms with E-state index in [1.165, 1.54) is 31.4 Å². The van der Waals surface area contributed by atoms with Gasteiger partial charge in [0.15, 0.2) is 0 Å². The number of nitrogens with one attached hydrogen (secondary N) is 1. The number of hydrogen-bond donors (Lipinski definition) is 1. The van der Waals surface area contributed by atoms with Crippen molar-refractivity contribution in [2.45, 2.75) is 58.2 Å². The molecular weight excluding hydrogens is 232 g/mol. The molecule has 1 N–H and O–H groups in total. The highest BCUT2D eigenvalue weighted by Gasteiger charge is 2.31. The normalized spacial score (nSPS) is 26.3. The third-order valence-corrected chi connectivity index (χ3v) is 4.48. The van der Waals surface area contributed by atoms with Crippen LogP contribution >= 0.6 is 0 Å². The highest BCUT2D eigenvalue weighted by molar-refractivity contribution is 5.19. The molecule has 0 saturated carbocycles. The molecule has 106 valence electrons. The fourth-order valence-electron chi connectivity index (χ4n) is 3.26. The summed E-state index contributed by atoms with van der Waals surface area (Å²) < 4.78 is 0. The Morgan fingerprint density at radius 3 is 2.47 bits per heavy atom. The molecule has 1 fully saturated rings. The van der Waals surface area contributed by atoms with E-state index in [-0.39, 0.29) is 0 Å². The first-order valence-electron chi connectivity index (χ1n) is 7.84. The number of rotatable bonds is 5. The third kappa shape index (κ3) is 3.37. The topological polar surface area (TPSA) is 15.3 Å². The maximum absolute atomic E-state index is 3.69. The van der Waals surface area contributed by atoms with E-state index in [4.69, 9.17) is 0 Å². The molecule has 0 spiro atoms. The molecule has 2 rings (SSSR count). The summed E-state index contributed by atoms with van der Waals surface area (Å²) in [5, 5.41) is 3.69. The monoisotopic (exact) mass is 260 g/mol. The predicted molar refractivity (Wildman–Crippen MR) is 82.3 cm³/mol. The Morgan fingerprint density at radius 1 is 1.16 bits per heavy atom. The number of benzene rings is 1. The van der Waals surface area contributed by atoms with Crippen LogP contribution in [0.5, 0.6) is 0 Å². The molecule has 3 atom stereocenters. The van der Waals surface area contributed by atoms with Crippen molar-refractivity contribution in [3.63, 3.8) is 0 Å². The van der Waals surface area contributed by atoms with Crippen molar-refractivity contribution < 1.29 is 0 Å². The molecule has 19 heavy (non-hydrogen) atoms. The van der Waals surface area contributed by atoms with Gasteiger partial charge in [-0.25, -0.2) is 0 Å². The minimum Gasteiger partial charge on any atom is -0.311 e. The van der Waals surface area contributed by atoms with E-state index in [1.807, 2.05) is 0 Å². The molecule has 2 heteroatoms. The molecule has 1 aliphatic rings. The van der Waals surface area contributed by atoms with Gasteiger partial charge >= 0.3 is 0 Å². The Hall–Kier alpha value is -0.860. The van der Waals surface area contributed by atoms with Crippen LogP contribution in [-0.4, -0.2) is 30.1 Å². The van der Waals surface area contributed by atoms with Crippen molar-refractivity contribution in [2.24, 2.45) is 0 Å². The molecule has 0 radical (unpaired) electrons. The molecule has 1 aromatic carbocycles. The molecule has 2 nitrogen and oxygen atoms in total. The summed E-state index contributed by atoms with van der Waals surface area (Å²) in [7, 11) is 0. The molecule has 1 aliphatic heterocycles. The Morgan fingerprint density at radius 2 is 1.89 bits per heavy atom. The first kappa shape index (κ1) is 14.5. The number of nitrogens with zero attached hydrogens (tertiary/aromatic N) is 1. The van der Waals surface area contributed by atoms with E-state index < -0.39 is 0 Å². The minimum atomic E-state index is 0.572. The number of piperazine rings is 1. The van der Waals surface area contributed by atoms with Gasteiger partial charge in [0.1, 0.15) is 0 Å². The molecule has 1 saturated heterocycles. The van der Waals surface area contributed by atoms with Crippen LogP contribution in [0.25, 0.3) is 0 Å². The Labute approximate surface area is 118 Å². The van der Waals surface area contributed by atoms with E-state index >= 15 is 0 Å². The second-order valence-electron chi connectivity index (χ2n) is 5.61. The average Bonchev–Trinajstić information content (AvgIpc) is 2.49. The van der Waals surface area contributed by atoms with Gasteiger partial charge in [0, 0.05) is 31.2 Å². The van der Waals surface area contributed by atoms with Gasteiger partial charge in [0.05, 0.1) is 0 Å². The molecule has 1 aromatic rings. The molecule has 1 heterocycles. The van der Waals surface area contributed by atoms with Crippen LogP contribution in [0.3, 0.4) is 0 Å². The van der Waals surface area contributed by atoms with Gasteiger partial charge in [-0.05, 0) is 24.8 Å². The summed E-state index contributed by atoms with van der Waals surface area (Å²) in [5.41, 5.74) is 1.47. The van der Waals surface area contributed by atoms with Crippen LogP contribution in [0.15, 0.2) is 30.3 Å². The van der Waals surface area contributed by atoms with Gasteiger partial charge in [0.2, 0.25) is 0 Å². The van der Waals surface area contributed by atoms with Crippen LogP contribution < -0.4 is 5.32 Å². The Kier molecular flexibility index (Phi) is 5.41. The predicted octanol–water partition coefficient (Wildman–Crippen LogP) is 3.60.